The molecule has 0 bridgehead atoms. The summed E-state index contributed by atoms with van der Waals surface area (Å²) in [5.74, 6) is 0.828. The van der Waals surface area contributed by atoms with Crippen molar-refractivity contribution in [2.75, 3.05) is 42.3 Å². The molecule has 2 aromatic heterocycles. The molecule has 0 unspecified atom stereocenters. The molecule has 1 aromatic carbocycles. The Bertz CT molecular complexity index is 1350. The molecule has 1 saturated carbocycles. The minimum atomic E-state index is -1.09. The summed E-state index contributed by atoms with van der Waals surface area (Å²) in [6, 6.07) is 3.03. The van der Waals surface area contributed by atoms with Gasteiger partial charge in [0.25, 0.3) is 0 Å². The molecule has 2 fully saturated rings. The first-order chi connectivity index (χ1) is 16.9. The maximum absolute atomic E-state index is 15.5. The van der Waals surface area contributed by atoms with Crippen LogP contribution in [0.3, 0.4) is 0 Å². The van der Waals surface area contributed by atoms with E-state index in [1.807, 2.05) is 6.92 Å². The average Bonchev–Trinajstić information content (AvgIpc) is 3.59. The average molecular weight is 480 g/mol. The number of pyridine rings is 2. The highest BCUT2D eigenvalue weighted by Crippen LogP contribution is 2.44. The largest absolute Gasteiger partial charge is 0.474 e. The first kappa shape index (κ1) is 21.8. The second-order valence-electron chi connectivity index (χ2n) is 9.43. The summed E-state index contributed by atoms with van der Waals surface area (Å²) >= 11 is 0. The molecule has 0 spiro atoms. The second kappa shape index (κ2) is 8.23. The summed E-state index contributed by atoms with van der Waals surface area (Å²) < 4.78 is 26.7. The lowest BCUT2D eigenvalue weighted by molar-refractivity contribution is 0.178. The van der Waals surface area contributed by atoms with Crippen molar-refractivity contribution in [3.8, 4) is 17.0 Å². The van der Waals surface area contributed by atoms with E-state index in [0.29, 0.717) is 54.5 Å². The molecule has 1 aliphatic carbocycles. The Morgan fingerprint density at radius 2 is 2.06 bits per heavy atom. The zero-order chi connectivity index (χ0) is 24.3. The van der Waals surface area contributed by atoms with E-state index in [2.05, 4.69) is 15.3 Å². The smallest absolute Gasteiger partial charge is 0.413 e. The molecular weight excluding hydrogens is 453 g/mol. The molecule has 4 heterocycles. The summed E-state index contributed by atoms with van der Waals surface area (Å²) in [4.78, 5) is 22.3. The number of ether oxygens (including phenoxy) is 2. The van der Waals surface area contributed by atoms with Crippen molar-refractivity contribution >= 4 is 34.1 Å². The fraction of sp³-hybridized carbons (Fsp3) is 0.400. The number of halogens is 1. The van der Waals surface area contributed by atoms with E-state index < -0.39 is 11.9 Å². The Kier molecular flexibility index (Phi) is 5.14. The van der Waals surface area contributed by atoms with Gasteiger partial charge in [-0.3, -0.25) is 4.90 Å². The van der Waals surface area contributed by atoms with Crippen molar-refractivity contribution < 1.29 is 23.8 Å². The van der Waals surface area contributed by atoms with E-state index in [1.54, 1.807) is 18.3 Å². The Morgan fingerprint density at radius 1 is 1.23 bits per heavy atom. The predicted molar refractivity (Wildman–Crippen MR) is 129 cm³/mol. The third-order valence-electron chi connectivity index (χ3n) is 7.33. The normalized spacial score (nSPS) is 21.3. The zero-order valence-corrected chi connectivity index (χ0v) is 19.3. The van der Waals surface area contributed by atoms with Gasteiger partial charge in [-0.25, -0.2) is 19.2 Å². The summed E-state index contributed by atoms with van der Waals surface area (Å²) in [7, 11) is 0. The molecule has 0 radical (unpaired) electrons. The number of hydrogen-bond donors (Lipinski definition) is 3. The molecule has 35 heavy (non-hydrogen) atoms. The second-order valence-corrected chi connectivity index (χ2v) is 9.43. The van der Waals surface area contributed by atoms with Gasteiger partial charge in [0.15, 0.2) is 5.82 Å². The van der Waals surface area contributed by atoms with Crippen molar-refractivity contribution in [3.05, 3.63) is 35.9 Å². The SMILES string of the molecule is Cc1c(-c2cc3cc(N(C(=O)O)[C@@H]4COC[C@H]4C4CC4)ncc3c(N)c2F)cnc2c1NCCO2. The van der Waals surface area contributed by atoms with Gasteiger partial charge in [-0.2, -0.15) is 0 Å². The van der Waals surface area contributed by atoms with E-state index >= 15 is 4.39 Å². The zero-order valence-electron chi connectivity index (χ0n) is 19.3. The fourth-order valence-electron chi connectivity index (χ4n) is 5.32. The number of nitrogen functional groups attached to an aromatic ring is 1. The van der Waals surface area contributed by atoms with Crippen LogP contribution < -0.4 is 20.7 Å². The van der Waals surface area contributed by atoms with Crippen LogP contribution in [0.25, 0.3) is 21.9 Å². The Balaban J connectivity index is 1.46. The van der Waals surface area contributed by atoms with Gasteiger partial charge in [0.05, 0.1) is 24.9 Å². The summed E-state index contributed by atoms with van der Waals surface area (Å²) in [6.07, 6.45) is 4.12. The highest BCUT2D eigenvalue weighted by molar-refractivity contribution is 5.99. The number of benzene rings is 1. The third kappa shape index (κ3) is 3.59. The van der Waals surface area contributed by atoms with Crippen LogP contribution in [0, 0.1) is 24.6 Å². The van der Waals surface area contributed by atoms with Crippen molar-refractivity contribution in [1.29, 1.82) is 0 Å². The van der Waals surface area contributed by atoms with E-state index in [0.717, 1.165) is 24.1 Å². The number of carboxylic acid groups (broad SMARTS) is 1. The first-order valence-corrected chi connectivity index (χ1v) is 11.8. The molecule has 9 nitrogen and oxygen atoms in total. The summed E-state index contributed by atoms with van der Waals surface area (Å²) in [6.45, 7) is 3.91. The number of nitrogens with zero attached hydrogens (tertiary/aromatic N) is 3. The van der Waals surface area contributed by atoms with Crippen molar-refractivity contribution in [2.24, 2.45) is 11.8 Å². The molecule has 2 aliphatic heterocycles. The Labute approximate surface area is 201 Å². The molecule has 182 valence electrons. The lowest BCUT2D eigenvalue weighted by Crippen LogP contribution is -2.45. The number of nitrogens with two attached hydrogens (primary N) is 1. The van der Waals surface area contributed by atoms with Gasteiger partial charge in [-0.1, -0.05) is 0 Å². The molecule has 2 atom stereocenters. The molecule has 6 rings (SSSR count). The summed E-state index contributed by atoms with van der Waals surface area (Å²) in [5.41, 5.74) is 8.55. The topological polar surface area (TPSA) is 123 Å². The number of nitrogens with one attached hydrogen (secondary N) is 1. The van der Waals surface area contributed by atoms with E-state index in [-0.39, 0.29) is 29.0 Å². The minimum Gasteiger partial charge on any atom is -0.474 e. The van der Waals surface area contributed by atoms with Gasteiger partial charge < -0.3 is 25.6 Å². The van der Waals surface area contributed by atoms with Crippen molar-refractivity contribution in [2.45, 2.75) is 25.8 Å². The number of aromatic nitrogens is 2. The number of amides is 1. The number of fused-ring (bicyclic) bond motifs is 2. The Hall–Kier alpha value is -3.66. The number of carbonyl (C=O) groups is 1. The highest BCUT2D eigenvalue weighted by atomic mass is 19.1. The third-order valence-corrected chi connectivity index (χ3v) is 7.33. The first-order valence-electron chi connectivity index (χ1n) is 11.8. The standard InChI is InChI=1S/C25H26FN5O4/c1-12-16(8-30-24-23(12)28-4-5-35-24)15-6-14-7-20(29-9-17(14)22(27)21(15)26)31(25(32)33)19-11-34-10-18(19)13-2-3-13/h6-9,13,18-19,28H,2-5,10-11,27H2,1H3,(H,32,33)/t18-,19+/m0/s1. The predicted octanol–water partition coefficient (Wildman–Crippen LogP) is 4.04. The molecule has 3 aliphatic rings. The van der Waals surface area contributed by atoms with E-state index in [9.17, 15) is 9.90 Å². The van der Waals surface area contributed by atoms with Crippen molar-refractivity contribution in [3.63, 3.8) is 0 Å². The van der Waals surface area contributed by atoms with Crippen LogP contribution in [0.5, 0.6) is 5.88 Å². The quantitative estimate of drug-likeness (QED) is 0.479. The molecule has 3 aromatic rings. The summed E-state index contributed by atoms with van der Waals surface area (Å²) in [5, 5.41) is 14.4. The van der Waals surface area contributed by atoms with Crippen LogP contribution in [-0.2, 0) is 4.74 Å². The van der Waals surface area contributed by atoms with Crippen LogP contribution >= 0.6 is 0 Å². The Morgan fingerprint density at radius 3 is 2.83 bits per heavy atom. The van der Waals surface area contributed by atoms with Crippen LogP contribution in [0.2, 0.25) is 0 Å². The van der Waals surface area contributed by atoms with Gasteiger partial charge in [-0.15, -0.1) is 0 Å². The molecule has 10 heteroatoms. The number of rotatable bonds is 4. The van der Waals surface area contributed by atoms with Gasteiger partial charge in [0.1, 0.15) is 18.1 Å². The van der Waals surface area contributed by atoms with Gasteiger partial charge >= 0.3 is 6.09 Å². The van der Waals surface area contributed by atoms with Gasteiger partial charge in [-0.05, 0) is 48.8 Å². The lowest BCUT2D eigenvalue weighted by Gasteiger charge is -2.29. The molecular formula is C25H26FN5O4. The monoisotopic (exact) mass is 479 g/mol. The maximum Gasteiger partial charge on any atom is 0.413 e. The van der Waals surface area contributed by atoms with Crippen molar-refractivity contribution in [1.82, 2.24) is 9.97 Å². The van der Waals surface area contributed by atoms with E-state index in [1.165, 1.54) is 11.1 Å². The van der Waals surface area contributed by atoms with Crippen LogP contribution in [0.1, 0.15) is 18.4 Å². The van der Waals surface area contributed by atoms with E-state index in [4.69, 9.17) is 15.2 Å². The maximum atomic E-state index is 15.5. The van der Waals surface area contributed by atoms with Crippen LogP contribution in [-0.4, -0.2) is 53.6 Å². The highest BCUT2D eigenvalue weighted by Gasteiger charge is 2.45. The minimum absolute atomic E-state index is 0.0418. The van der Waals surface area contributed by atoms with Crippen LogP contribution in [0.4, 0.5) is 26.4 Å². The molecule has 4 N–H and O–H groups in total. The fourth-order valence-corrected chi connectivity index (χ4v) is 5.32. The van der Waals surface area contributed by atoms with Gasteiger partial charge in [0, 0.05) is 41.4 Å². The van der Waals surface area contributed by atoms with Crippen LogP contribution in [0.15, 0.2) is 24.5 Å². The number of anilines is 3. The lowest BCUT2D eigenvalue weighted by atomic mass is 9.96. The molecule has 1 amide bonds. The number of hydrogen-bond acceptors (Lipinski definition) is 7. The molecule has 1 saturated heterocycles. The van der Waals surface area contributed by atoms with Gasteiger partial charge in [0.2, 0.25) is 5.88 Å².